The van der Waals surface area contributed by atoms with Crippen LogP contribution >= 0.6 is 0 Å². The summed E-state index contributed by atoms with van der Waals surface area (Å²) in [7, 11) is 0. The monoisotopic (exact) mass is 359 g/mol. The Morgan fingerprint density at radius 3 is 2.62 bits per heavy atom. The van der Waals surface area contributed by atoms with Crippen LogP contribution < -0.4 is 10.1 Å². The van der Waals surface area contributed by atoms with Crippen molar-refractivity contribution in [3.8, 4) is 5.75 Å². The number of likely N-dealkylation sites (tertiary alicyclic amines) is 1. The van der Waals surface area contributed by atoms with Gasteiger partial charge in [-0.05, 0) is 38.1 Å². The summed E-state index contributed by atoms with van der Waals surface area (Å²) in [5, 5.41) is 12.0. The van der Waals surface area contributed by atoms with E-state index < -0.39 is 11.8 Å². The van der Waals surface area contributed by atoms with Crippen LogP contribution in [0.25, 0.3) is 0 Å². The SMILES string of the molecule is O=C1C=C(Nc2ccccc2OCCN2CCCCC2)C(=O)N1CCO. The van der Waals surface area contributed by atoms with E-state index >= 15 is 0 Å². The Morgan fingerprint density at radius 1 is 1.08 bits per heavy atom. The van der Waals surface area contributed by atoms with E-state index in [-0.39, 0.29) is 18.8 Å². The van der Waals surface area contributed by atoms with Gasteiger partial charge in [-0.25, -0.2) is 0 Å². The molecule has 0 bridgehead atoms. The molecule has 0 unspecified atom stereocenters. The molecule has 0 spiro atoms. The molecular weight excluding hydrogens is 334 g/mol. The number of anilines is 1. The predicted octanol–water partition coefficient (Wildman–Crippen LogP) is 1.21. The molecule has 1 saturated heterocycles. The third-order valence-electron chi connectivity index (χ3n) is 4.60. The highest BCUT2D eigenvalue weighted by molar-refractivity contribution is 6.17. The average molecular weight is 359 g/mol. The Balaban J connectivity index is 1.59. The maximum absolute atomic E-state index is 12.3. The second kappa shape index (κ2) is 8.82. The molecule has 7 heteroatoms. The van der Waals surface area contributed by atoms with Crippen molar-refractivity contribution in [2.75, 3.05) is 44.7 Å². The lowest BCUT2D eigenvalue weighted by Crippen LogP contribution is -2.34. The summed E-state index contributed by atoms with van der Waals surface area (Å²) in [4.78, 5) is 27.5. The van der Waals surface area contributed by atoms with Crippen LogP contribution in [0.5, 0.6) is 5.75 Å². The van der Waals surface area contributed by atoms with Crippen molar-refractivity contribution < 1.29 is 19.4 Å². The number of imide groups is 1. The highest BCUT2D eigenvalue weighted by atomic mass is 16.5. The van der Waals surface area contributed by atoms with Gasteiger partial charge in [0.1, 0.15) is 18.1 Å². The number of piperidine rings is 1. The second-order valence-corrected chi connectivity index (χ2v) is 6.45. The molecule has 0 aliphatic carbocycles. The van der Waals surface area contributed by atoms with Crippen molar-refractivity contribution in [3.05, 3.63) is 36.0 Å². The van der Waals surface area contributed by atoms with Crippen LogP contribution in [0.2, 0.25) is 0 Å². The fourth-order valence-corrected chi connectivity index (χ4v) is 3.22. The van der Waals surface area contributed by atoms with Crippen molar-refractivity contribution in [2.24, 2.45) is 0 Å². The third kappa shape index (κ3) is 4.42. The molecule has 0 atom stereocenters. The van der Waals surface area contributed by atoms with Crippen molar-refractivity contribution >= 4 is 17.5 Å². The fourth-order valence-electron chi connectivity index (χ4n) is 3.22. The standard InChI is InChI=1S/C19H25N3O4/c23-12-10-22-18(24)14-16(19(22)25)20-15-6-2-3-7-17(15)26-13-11-21-8-4-1-5-9-21/h2-3,6-7,14,20,23H,1,4-5,8-13H2. The first-order valence-corrected chi connectivity index (χ1v) is 9.08. The second-order valence-electron chi connectivity index (χ2n) is 6.45. The summed E-state index contributed by atoms with van der Waals surface area (Å²) in [6, 6.07) is 7.36. The molecular formula is C19H25N3O4. The van der Waals surface area contributed by atoms with Gasteiger partial charge in [0.2, 0.25) is 0 Å². The lowest BCUT2D eigenvalue weighted by Gasteiger charge is -2.26. The van der Waals surface area contributed by atoms with Crippen LogP contribution in [-0.2, 0) is 9.59 Å². The van der Waals surface area contributed by atoms with Gasteiger partial charge in [-0.15, -0.1) is 0 Å². The summed E-state index contributed by atoms with van der Waals surface area (Å²) < 4.78 is 5.91. The number of hydrogen-bond acceptors (Lipinski definition) is 6. The molecule has 0 aromatic heterocycles. The van der Waals surface area contributed by atoms with Gasteiger partial charge < -0.3 is 15.2 Å². The number of benzene rings is 1. The molecule has 0 radical (unpaired) electrons. The number of ether oxygens (including phenoxy) is 1. The zero-order chi connectivity index (χ0) is 18.4. The molecule has 2 aliphatic rings. The molecule has 2 amide bonds. The number of carbonyl (C=O) groups excluding carboxylic acids is 2. The van der Waals surface area contributed by atoms with Gasteiger partial charge in [0, 0.05) is 12.6 Å². The van der Waals surface area contributed by atoms with E-state index in [1.54, 1.807) is 0 Å². The van der Waals surface area contributed by atoms with Gasteiger partial charge in [0.05, 0.1) is 18.8 Å². The lowest BCUT2D eigenvalue weighted by atomic mass is 10.1. The number of nitrogens with zero attached hydrogens (tertiary/aromatic N) is 2. The van der Waals surface area contributed by atoms with Crippen molar-refractivity contribution in [3.63, 3.8) is 0 Å². The molecule has 2 aliphatic heterocycles. The summed E-state index contributed by atoms with van der Waals surface area (Å²) >= 11 is 0. The Hall–Kier alpha value is -2.38. The largest absolute Gasteiger partial charge is 0.490 e. The first kappa shape index (κ1) is 18.4. The average Bonchev–Trinajstić information content (AvgIpc) is 2.92. The minimum absolute atomic E-state index is 0.00662. The number of nitrogens with one attached hydrogen (secondary N) is 1. The number of aliphatic hydroxyl groups is 1. The van der Waals surface area contributed by atoms with E-state index in [1.165, 1.54) is 25.3 Å². The van der Waals surface area contributed by atoms with E-state index in [0.29, 0.717) is 18.0 Å². The summed E-state index contributed by atoms with van der Waals surface area (Å²) in [5.41, 5.74) is 0.833. The number of hydrogen-bond donors (Lipinski definition) is 2. The van der Waals surface area contributed by atoms with Crippen LogP contribution in [0.4, 0.5) is 5.69 Å². The van der Waals surface area contributed by atoms with Crippen LogP contribution in [0.3, 0.4) is 0 Å². The van der Waals surface area contributed by atoms with Crippen LogP contribution in [0.15, 0.2) is 36.0 Å². The quantitative estimate of drug-likeness (QED) is 0.679. The molecule has 7 nitrogen and oxygen atoms in total. The number of para-hydroxylation sites is 2. The maximum Gasteiger partial charge on any atom is 0.277 e. The molecule has 1 aromatic rings. The van der Waals surface area contributed by atoms with E-state index in [9.17, 15) is 9.59 Å². The minimum atomic E-state index is -0.438. The van der Waals surface area contributed by atoms with E-state index in [4.69, 9.17) is 9.84 Å². The fraction of sp³-hybridized carbons (Fsp3) is 0.474. The highest BCUT2D eigenvalue weighted by Gasteiger charge is 2.31. The first-order valence-electron chi connectivity index (χ1n) is 9.08. The molecule has 2 N–H and O–H groups in total. The molecule has 140 valence electrons. The van der Waals surface area contributed by atoms with Crippen molar-refractivity contribution in [1.29, 1.82) is 0 Å². The predicted molar refractivity (Wildman–Crippen MR) is 97.7 cm³/mol. The molecule has 3 rings (SSSR count). The number of β-amino-alcohol motifs (C(OH)–C–C–N with tert-alkyl or cyclic N) is 1. The van der Waals surface area contributed by atoms with E-state index in [1.807, 2.05) is 24.3 Å². The van der Waals surface area contributed by atoms with Gasteiger partial charge in [-0.3, -0.25) is 19.4 Å². The highest BCUT2D eigenvalue weighted by Crippen LogP contribution is 2.27. The maximum atomic E-state index is 12.3. The third-order valence-corrected chi connectivity index (χ3v) is 4.60. The molecule has 2 heterocycles. The normalized spacial score (nSPS) is 18.2. The van der Waals surface area contributed by atoms with Gasteiger partial charge in [-0.1, -0.05) is 18.6 Å². The molecule has 0 saturated carbocycles. The zero-order valence-electron chi connectivity index (χ0n) is 14.8. The van der Waals surface area contributed by atoms with Gasteiger partial charge in [0.25, 0.3) is 11.8 Å². The van der Waals surface area contributed by atoms with Crippen LogP contribution in [-0.4, -0.2) is 66.1 Å². The first-order chi connectivity index (χ1) is 12.7. The Kier molecular flexibility index (Phi) is 6.25. The number of rotatable bonds is 8. The summed E-state index contributed by atoms with van der Waals surface area (Å²) in [5.74, 6) is -0.214. The number of carbonyl (C=O) groups is 2. The number of amides is 2. The lowest BCUT2D eigenvalue weighted by molar-refractivity contribution is -0.137. The van der Waals surface area contributed by atoms with E-state index in [0.717, 1.165) is 24.5 Å². The topological polar surface area (TPSA) is 82.1 Å². The van der Waals surface area contributed by atoms with E-state index in [2.05, 4.69) is 10.2 Å². The van der Waals surface area contributed by atoms with Crippen molar-refractivity contribution in [1.82, 2.24) is 9.80 Å². The summed E-state index contributed by atoms with van der Waals surface area (Å²) in [6.07, 6.45) is 5.04. The van der Waals surface area contributed by atoms with Gasteiger partial charge in [-0.2, -0.15) is 0 Å². The molecule has 1 fully saturated rings. The van der Waals surface area contributed by atoms with Crippen LogP contribution in [0, 0.1) is 0 Å². The zero-order valence-corrected chi connectivity index (χ0v) is 14.8. The van der Waals surface area contributed by atoms with Crippen molar-refractivity contribution in [2.45, 2.75) is 19.3 Å². The molecule has 26 heavy (non-hydrogen) atoms. The Morgan fingerprint density at radius 2 is 1.85 bits per heavy atom. The van der Waals surface area contributed by atoms with Crippen LogP contribution in [0.1, 0.15) is 19.3 Å². The van der Waals surface area contributed by atoms with Gasteiger partial charge >= 0.3 is 0 Å². The Bertz CT molecular complexity index is 683. The minimum Gasteiger partial charge on any atom is -0.490 e. The molecule has 1 aromatic carbocycles. The number of aliphatic hydroxyl groups excluding tert-OH is 1. The Labute approximate surface area is 153 Å². The van der Waals surface area contributed by atoms with Gasteiger partial charge in [0.15, 0.2) is 0 Å². The smallest absolute Gasteiger partial charge is 0.277 e. The summed E-state index contributed by atoms with van der Waals surface area (Å²) in [6.45, 7) is 3.42.